The molecule has 0 heterocycles. The average molecular weight is 228 g/mol. The van der Waals surface area contributed by atoms with Crippen LogP contribution in [0.15, 0.2) is 24.3 Å². The SMILES string of the molecule is NC(=O)C#Cc1ccc(C(=O)NC2CC2)cc1. The number of primary amides is 1. The molecule has 1 aromatic carbocycles. The molecule has 4 heteroatoms. The van der Waals surface area contributed by atoms with Crippen LogP contribution >= 0.6 is 0 Å². The Balaban J connectivity index is 2.04. The number of benzene rings is 1. The van der Waals surface area contributed by atoms with E-state index in [1.54, 1.807) is 24.3 Å². The second kappa shape index (κ2) is 4.71. The zero-order chi connectivity index (χ0) is 12.3. The number of rotatable bonds is 2. The summed E-state index contributed by atoms with van der Waals surface area (Å²) < 4.78 is 0. The van der Waals surface area contributed by atoms with Crippen LogP contribution in [0.1, 0.15) is 28.8 Å². The first-order valence-corrected chi connectivity index (χ1v) is 5.37. The summed E-state index contributed by atoms with van der Waals surface area (Å²) in [6.45, 7) is 0. The molecule has 0 saturated heterocycles. The zero-order valence-electron chi connectivity index (χ0n) is 9.19. The lowest BCUT2D eigenvalue weighted by atomic mass is 10.1. The van der Waals surface area contributed by atoms with E-state index in [0.717, 1.165) is 12.8 Å². The molecule has 1 aliphatic rings. The van der Waals surface area contributed by atoms with Crippen molar-refractivity contribution in [2.24, 2.45) is 5.73 Å². The number of carbonyl (C=O) groups is 2. The van der Waals surface area contributed by atoms with Gasteiger partial charge in [0.25, 0.3) is 11.8 Å². The molecular formula is C13H12N2O2. The first kappa shape index (κ1) is 11.2. The molecule has 1 fully saturated rings. The van der Waals surface area contributed by atoms with Crippen molar-refractivity contribution in [3.8, 4) is 11.8 Å². The van der Waals surface area contributed by atoms with Gasteiger partial charge >= 0.3 is 0 Å². The third kappa shape index (κ3) is 3.35. The third-order valence-corrected chi connectivity index (χ3v) is 2.39. The molecule has 17 heavy (non-hydrogen) atoms. The van der Waals surface area contributed by atoms with Gasteiger partial charge in [0.2, 0.25) is 0 Å². The summed E-state index contributed by atoms with van der Waals surface area (Å²) >= 11 is 0. The molecule has 1 aromatic rings. The van der Waals surface area contributed by atoms with E-state index in [-0.39, 0.29) is 5.91 Å². The largest absolute Gasteiger partial charge is 0.359 e. The van der Waals surface area contributed by atoms with E-state index in [4.69, 9.17) is 5.73 Å². The Morgan fingerprint density at radius 1 is 1.24 bits per heavy atom. The Morgan fingerprint density at radius 3 is 2.41 bits per heavy atom. The minimum absolute atomic E-state index is 0.0677. The van der Waals surface area contributed by atoms with Crippen LogP contribution in [0.5, 0.6) is 0 Å². The summed E-state index contributed by atoms with van der Waals surface area (Å²) in [4.78, 5) is 22.1. The lowest BCUT2D eigenvalue weighted by Crippen LogP contribution is -2.25. The molecule has 0 bridgehead atoms. The molecule has 2 amide bonds. The molecule has 0 aliphatic heterocycles. The first-order chi connectivity index (χ1) is 8.15. The van der Waals surface area contributed by atoms with Gasteiger partial charge in [-0.15, -0.1) is 0 Å². The van der Waals surface area contributed by atoms with Gasteiger partial charge in [-0.25, -0.2) is 0 Å². The first-order valence-electron chi connectivity index (χ1n) is 5.37. The molecule has 0 unspecified atom stereocenters. The van der Waals surface area contributed by atoms with Crippen molar-refractivity contribution < 1.29 is 9.59 Å². The average Bonchev–Trinajstić information content (AvgIpc) is 3.11. The maximum absolute atomic E-state index is 11.7. The van der Waals surface area contributed by atoms with Gasteiger partial charge in [-0.3, -0.25) is 9.59 Å². The Bertz CT molecular complexity index is 504. The predicted octanol–water partition coefficient (Wildman–Crippen LogP) is 0.416. The molecular weight excluding hydrogens is 216 g/mol. The highest BCUT2D eigenvalue weighted by molar-refractivity contribution is 5.95. The van der Waals surface area contributed by atoms with E-state index in [2.05, 4.69) is 17.2 Å². The Hall–Kier alpha value is -2.28. The highest BCUT2D eigenvalue weighted by Gasteiger charge is 2.23. The van der Waals surface area contributed by atoms with Crippen molar-refractivity contribution in [1.82, 2.24) is 5.32 Å². The van der Waals surface area contributed by atoms with E-state index in [1.165, 1.54) is 0 Å². The zero-order valence-corrected chi connectivity index (χ0v) is 9.19. The smallest absolute Gasteiger partial charge is 0.293 e. The van der Waals surface area contributed by atoms with Crippen molar-refractivity contribution >= 4 is 11.8 Å². The third-order valence-electron chi connectivity index (χ3n) is 2.39. The molecule has 1 aliphatic carbocycles. The van der Waals surface area contributed by atoms with Crippen LogP contribution in [0.3, 0.4) is 0 Å². The van der Waals surface area contributed by atoms with Crippen molar-refractivity contribution in [1.29, 1.82) is 0 Å². The molecule has 3 N–H and O–H groups in total. The summed E-state index contributed by atoms with van der Waals surface area (Å²) in [5, 5.41) is 2.89. The second-order valence-electron chi connectivity index (χ2n) is 3.94. The van der Waals surface area contributed by atoms with Gasteiger partial charge in [0, 0.05) is 17.2 Å². The van der Waals surface area contributed by atoms with Gasteiger partial charge in [-0.05, 0) is 43.0 Å². The fourth-order valence-corrected chi connectivity index (χ4v) is 1.34. The summed E-state index contributed by atoms with van der Waals surface area (Å²) in [5.74, 6) is 4.11. The minimum Gasteiger partial charge on any atom is -0.359 e. The number of amides is 2. The van der Waals surface area contributed by atoms with Gasteiger partial charge in [0.05, 0.1) is 0 Å². The van der Waals surface area contributed by atoms with Crippen molar-refractivity contribution in [2.45, 2.75) is 18.9 Å². The van der Waals surface area contributed by atoms with Crippen molar-refractivity contribution in [3.63, 3.8) is 0 Å². The van der Waals surface area contributed by atoms with E-state index in [9.17, 15) is 9.59 Å². The Labute approximate surface area is 99.2 Å². The fraction of sp³-hybridized carbons (Fsp3) is 0.231. The molecule has 2 rings (SSSR count). The van der Waals surface area contributed by atoms with E-state index >= 15 is 0 Å². The van der Waals surface area contributed by atoms with Crippen LogP contribution in [0.2, 0.25) is 0 Å². The lowest BCUT2D eigenvalue weighted by molar-refractivity contribution is -0.112. The maximum atomic E-state index is 11.7. The van der Waals surface area contributed by atoms with Crippen LogP contribution in [0, 0.1) is 11.8 Å². The monoisotopic (exact) mass is 228 g/mol. The highest BCUT2D eigenvalue weighted by Crippen LogP contribution is 2.19. The molecule has 0 radical (unpaired) electrons. The Morgan fingerprint density at radius 2 is 1.88 bits per heavy atom. The summed E-state index contributed by atoms with van der Waals surface area (Å²) in [5.41, 5.74) is 6.16. The molecule has 86 valence electrons. The van der Waals surface area contributed by atoms with Gasteiger partial charge in [-0.1, -0.05) is 5.92 Å². The quantitative estimate of drug-likeness (QED) is 0.720. The summed E-state index contributed by atoms with van der Waals surface area (Å²) in [7, 11) is 0. The van der Waals surface area contributed by atoms with E-state index in [1.807, 2.05) is 0 Å². The normalized spacial score (nSPS) is 13.4. The van der Waals surface area contributed by atoms with Crippen LogP contribution in [0.25, 0.3) is 0 Å². The lowest BCUT2D eigenvalue weighted by Gasteiger charge is -2.02. The standard InChI is InChI=1S/C13H12N2O2/c14-12(16)8-3-9-1-4-10(5-2-9)13(17)15-11-6-7-11/h1-2,4-5,11H,6-7H2,(H2,14,16)(H,15,17). The number of hydrogen-bond donors (Lipinski definition) is 2. The van der Waals surface area contributed by atoms with Crippen LogP contribution in [-0.4, -0.2) is 17.9 Å². The number of nitrogens with one attached hydrogen (secondary N) is 1. The van der Waals surface area contributed by atoms with Crippen LogP contribution in [-0.2, 0) is 4.79 Å². The number of hydrogen-bond acceptors (Lipinski definition) is 2. The number of nitrogens with two attached hydrogens (primary N) is 1. The van der Waals surface area contributed by atoms with Crippen molar-refractivity contribution in [2.75, 3.05) is 0 Å². The van der Waals surface area contributed by atoms with Crippen LogP contribution < -0.4 is 11.1 Å². The second-order valence-corrected chi connectivity index (χ2v) is 3.94. The van der Waals surface area contributed by atoms with Crippen molar-refractivity contribution in [3.05, 3.63) is 35.4 Å². The number of carbonyl (C=O) groups excluding carboxylic acids is 2. The highest BCUT2D eigenvalue weighted by atomic mass is 16.2. The van der Waals surface area contributed by atoms with E-state index in [0.29, 0.717) is 17.2 Å². The maximum Gasteiger partial charge on any atom is 0.293 e. The van der Waals surface area contributed by atoms with Gasteiger partial charge in [-0.2, -0.15) is 0 Å². The molecule has 4 nitrogen and oxygen atoms in total. The van der Waals surface area contributed by atoms with E-state index < -0.39 is 5.91 Å². The summed E-state index contributed by atoms with van der Waals surface area (Å²) in [6, 6.07) is 7.10. The van der Waals surface area contributed by atoms with Gasteiger partial charge < -0.3 is 11.1 Å². The molecule has 0 spiro atoms. The van der Waals surface area contributed by atoms with Gasteiger partial charge in [0.15, 0.2) is 0 Å². The summed E-state index contributed by atoms with van der Waals surface area (Å²) in [6.07, 6.45) is 2.13. The Kier molecular flexibility index (Phi) is 3.10. The van der Waals surface area contributed by atoms with Crippen LogP contribution in [0.4, 0.5) is 0 Å². The molecule has 0 aromatic heterocycles. The topological polar surface area (TPSA) is 72.2 Å². The van der Waals surface area contributed by atoms with Gasteiger partial charge in [0.1, 0.15) is 0 Å². The molecule has 0 atom stereocenters. The minimum atomic E-state index is -0.666. The fourth-order valence-electron chi connectivity index (χ4n) is 1.34. The predicted molar refractivity (Wildman–Crippen MR) is 63.0 cm³/mol. The molecule has 1 saturated carbocycles.